The number of aromatic nitrogens is 2. The normalized spacial score (nSPS) is 18.9. The molecule has 28 heavy (non-hydrogen) atoms. The largest absolute Gasteiger partial charge is 0.383 e. The van der Waals surface area contributed by atoms with Gasteiger partial charge in [0.05, 0.1) is 24.3 Å². The van der Waals surface area contributed by atoms with E-state index in [-0.39, 0.29) is 10.9 Å². The van der Waals surface area contributed by atoms with E-state index in [2.05, 4.69) is 40.2 Å². The molecule has 1 atom stereocenters. The van der Waals surface area contributed by atoms with E-state index in [4.69, 9.17) is 4.74 Å². The van der Waals surface area contributed by atoms with Crippen molar-refractivity contribution in [3.05, 3.63) is 47.8 Å². The Bertz CT molecular complexity index is 849. The summed E-state index contributed by atoms with van der Waals surface area (Å²) in [6.45, 7) is 5.37. The van der Waals surface area contributed by atoms with Gasteiger partial charge in [-0.25, -0.2) is 13.4 Å². The Morgan fingerprint density at radius 2 is 1.96 bits per heavy atom. The SMILES string of the molecule is CCS(=O)(=O)c1ncc(CN2CCCC(c3ccccc3)CC2)n1CCOC. The highest BCUT2D eigenvalue weighted by atomic mass is 32.2. The van der Waals surface area contributed by atoms with Gasteiger partial charge in [0.15, 0.2) is 0 Å². The van der Waals surface area contributed by atoms with Crippen LogP contribution in [-0.4, -0.2) is 55.4 Å². The third-order valence-electron chi connectivity index (χ3n) is 5.56. The van der Waals surface area contributed by atoms with Crippen LogP contribution in [0.3, 0.4) is 0 Å². The van der Waals surface area contributed by atoms with Gasteiger partial charge in [0.25, 0.3) is 0 Å². The molecule has 1 aliphatic rings. The highest BCUT2D eigenvalue weighted by Crippen LogP contribution is 2.28. The molecule has 2 heterocycles. The molecule has 3 rings (SSSR count). The highest BCUT2D eigenvalue weighted by Gasteiger charge is 2.24. The number of imidazole rings is 1. The first kappa shape index (κ1) is 21.0. The zero-order valence-electron chi connectivity index (χ0n) is 16.9. The molecule has 1 saturated heterocycles. The molecule has 0 aliphatic carbocycles. The number of nitrogens with zero attached hydrogens (tertiary/aromatic N) is 3. The molecule has 0 radical (unpaired) electrons. The minimum absolute atomic E-state index is 0.0545. The first-order chi connectivity index (χ1) is 13.5. The van der Waals surface area contributed by atoms with Crippen LogP contribution in [-0.2, 0) is 27.7 Å². The molecular weight excluding hydrogens is 374 g/mol. The zero-order valence-corrected chi connectivity index (χ0v) is 17.7. The topological polar surface area (TPSA) is 64.4 Å². The monoisotopic (exact) mass is 405 g/mol. The minimum atomic E-state index is -3.35. The standard InChI is InChI=1S/C21H31N3O3S/c1-3-28(25,26)21-22-16-20(24(21)14-15-27-2)17-23-12-7-10-19(11-13-23)18-8-5-4-6-9-18/h4-6,8-9,16,19H,3,7,10-15,17H2,1-2H3. The number of likely N-dealkylation sites (tertiary alicyclic amines) is 1. The van der Waals surface area contributed by atoms with E-state index >= 15 is 0 Å². The van der Waals surface area contributed by atoms with Gasteiger partial charge in [-0.15, -0.1) is 0 Å². The zero-order chi connectivity index (χ0) is 20.0. The van der Waals surface area contributed by atoms with Crippen LogP contribution in [0.15, 0.2) is 41.7 Å². The van der Waals surface area contributed by atoms with Crippen LogP contribution in [0.1, 0.15) is 43.4 Å². The summed E-state index contributed by atoms with van der Waals surface area (Å²) in [4.78, 5) is 6.68. The van der Waals surface area contributed by atoms with Gasteiger partial charge in [0, 0.05) is 20.2 Å². The Kier molecular flexibility index (Phi) is 7.26. The van der Waals surface area contributed by atoms with Crippen LogP contribution < -0.4 is 0 Å². The van der Waals surface area contributed by atoms with Gasteiger partial charge in [0.1, 0.15) is 0 Å². The molecule has 0 amide bonds. The molecule has 7 heteroatoms. The first-order valence-corrected chi connectivity index (χ1v) is 11.7. The van der Waals surface area contributed by atoms with Crippen molar-refractivity contribution in [2.24, 2.45) is 0 Å². The van der Waals surface area contributed by atoms with E-state index in [1.807, 2.05) is 4.57 Å². The molecule has 1 aliphatic heterocycles. The Morgan fingerprint density at radius 1 is 1.18 bits per heavy atom. The number of rotatable bonds is 8. The maximum atomic E-state index is 12.4. The predicted molar refractivity (Wildman–Crippen MR) is 110 cm³/mol. The Morgan fingerprint density at radius 3 is 2.68 bits per heavy atom. The van der Waals surface area contributed by atoms with Gasteiger partial charge < -0.3 is 9.30 Å². The maximum absolute atomic E-state index is 12.4. The maximum Gasteiger partial charge on any atom is 0.227 e. The van der Waals surface area contributed by atoms with Crippen molar-refractivity contribution in [1.82, 2.24) is 14.5 Å². The number of hydrogen-bond donors (Lipinski definition) is 0. The quantitative estimate of drug-likeness (QED) is 0.675. The first-order valence-electron chi connectivity index (χ1n) is 10.1. The average molecular weight is 406 g/mol. The fraction of sp³-hybridized carbons (Fsp3) is 0.571. The van der Waals surface area contributed by atoms with Crippen molar-refractivity contribution >= 4 is 9.84 Å². The number of hydrogen-bond acceptors (Lipinski definition) is 5. The Balaban J connectivity index is 1.72. The summed E-state index contributed by atoms with van der Waals surface area (Å²) in [6.07, 6.45) is 5.18. The van der Waals surface area contributed by atoms with E-state index in [0.29, 0.717) is 19.1 Å². The lowest BCUT2D eigenvalue weighted by Gasteiger charge is -2.21. The second-order valence-electron chi connectivity index (χ2n) is 7.39. The molecule has 0 bridgehead atoms. The van der Waals surface area contributed by atoms with Crippen LogP contribution in [0.4, 0.5) is 0 Å². The van der Waals surface area contributed by atoms with Gasteiger partial charge in [0.2, 0.25) is 15.0 Å². The summed E-state index contributed by atoms with van der Waals surface area (Å²) in [5.74, 6) is 0.652. The molecule has 1 aromatic carbocycles. The lowest BCUT2D eigenvalue weighted by atomic mass is 9.92. The summed E-state index contributed by atoms with van der Waals surface area (Å²) in [5.41, 5.74) is 2.37. The van der Waals surface area contributed by atoms with Crippen molar-refractivity contribution in [2.75, 3.05) is 32.6 Å². The second kappa shape index (κ2) is 9.67. The third-order valence-corrected chi connectivity index (χ3v) is 7.20. The van der Waals surface area contributed by atoms with Gasteiger partial charge >= 0.3 is 0 Å². The molecule has 154 valence electrons. The fourth-order valence-electron chi connectivity index (χ4n) is 3.92. The molecule has 0 N–H and O–H groups in total. The number of benzene rings is 1. The summed E-state index contributed by atoms with van der Waals surface area (Å²) in [5, 5.41) is 0.166. The van der Waals surface area contributed by atoms with Crippen molar-refractivity contribution in [1.29, 1.82) is 0 Å². The fourth-order valence-corrected chi connectivity index (χ4v) is 4.93. The summed E-state index contributed by atoms with van der Waals surface area (Å²) >= 11 is 0. The van der Waals surface area contributed by atoms with Crippen molar-refractivity contribution in [2.45, 2.75) is 50.4 Å². The van der Waals surface area contributed by atoms with Crippen molar-refractivity contribution in [3.63, 3.8) is 0 Å². The van der Waals surface area contributed by atoms with Gasteiger partial charge in [-0.05, 0) is 43.8 Å². The molecular formula is C21H31N3O3S. The van der Waals surface area contributed by atoms with Crippen molar-refractivity contribution < 1.29 is 13.2 Å². The van der Waals surface area contributed by atoms with E-state index in [1.165, 1.54) is 12.0 Å². The van der Waals surface area contributed by atoms with Crippen LogP contribution in [0.25, 0.3) is 0 Å². The molecule has 1 aromatic heterocycles. The van der Waals surface area contributed by atoms with Gasteiger partial charge in [-0.1, -0.05) is 37.3 Å². The lowest BCUT2D eigenvalue weighted by molar-refractivity contribution is 0.181. The number of methoxy groups -OCH3 is 1. The molecule has 2 aromatic rings. The summed E-state index contributed by atoms with van der Waals surface area (Å²) in [6, 6.07) is 10.7. The lowest BCUT2D eigenvalue weighted by Crippen LogP contribution is -2.26. The second-order valence-corrected chi connectivity index (χ2v) is 9.57. The van der Waals surface area contributed by atoms with E-state index < -0.39 is 9.84 Å². The summed E-state index contributed by atoms with van der Waals surface area (Å²) in [7, 11) is -1.73. The highest BCUT2D eigenvalue weighted by molar-refractivity contribution is 7.91. The van der Waals surface area contributed by atoms with E-state index in [9.17, 15) is 8.42 Å². The molecule has 0 spiro atoms. The van der Waals surface area contributed by atoms with Crippen molar-refractivity contribution in [3.8, 4) is 0 Å². The summed E-state index contributed by atoms with van der Waals surface area (Å²) < 4.78 is 31.8. The molecule has 6 nitrogen and oxygen atoms in total. The average Bonchev–Trinajstić information content (AvgIpc) is 2.97. The smallest absolute Gasteiger partial charge is 0.227 e. The van der Waals surface area contributed by atoms with Crippen LogP contribution in [0.5, 0.6) is 0 Å². The Labute approximate surface area is 168 Å². The third kappa shape index (κ3) is 5.01. The van der Waals surface area contributed by atoms with Crippen LogP contribution in [0, 0.1) is 0 Å². The van der Waals surface area contributed by atoms with Gasteiger partial charge in [-0.3, -0.25) is 4.90 Å². The molecule has 1 fully saturated rings. The number of sulfone groups is 1. The molecule has 0 saturated carbocycles. The minimum Gasteiger partial charge on any atom is -0.383 e. The van der Waals surface area contributed by atoms with E-state index in [1.54, 1.807) is 20.2 Å². The molecule has 1 unspecified atom stereocenters. The number of ether oxygens (including phenoxy) is 1. The van der Waals surface area contributed by atoms with Crippen LogP contribution >= 0.6 is 0 Å². The van der Waals surface area contributed by atoms with E-state index in [0.717, 1.165) is 38.2 Å². The Hall–Kier alpha value is -1.70. The van der Waals surface area contributed by atoms with Gasteiger partial charge in [-0.2, -0.15) is 0 Å². The van der Waals surface area contributed by atoms with Crippen LogP contribution in [0.2, 0.25) is 0 Å². The predicted octanol–water partition coefficient (Wildman–Crippen LogP) is 3.09.